The number of hydrogen-bond acceptors (Lipinski definition) is 4. The van der Waals surface area contributed by atoms with Gasteiger partial charge in [0.25, 0.3) is 0 Å². The van der Waals surface area contributed by atoms with Gasteiger partial charge in [0.1, 0.15) is 16.6 Å². The van der Waals surface area contributed by atoms with Crippen molar-refractivity contribution in [2.24, 2.45) is 5.92 Å². The molecule has 0 saturated heterocycles. The highest BCUT2D eigenvalue weighted by Gasteiger charge is 2.26. The first-order chi connectivity index (χ1) is 8.59. The Labute approximate surface area is 111 Å². The van der Waals surface area contributed by atoms with E-state index in [1.807, 2.05) is 13.8 Å². The fourth-order valence-electron chi connectivity index (χ4n) is 2.18. The van der Waals surface area contributed by atoms with Crippen molar-refractivity contribution in [3.8, 4) is 0 Å². The van der Waals surface area contributed by atoms with E-state index in [-0.39, 0.29) is 5.92 Å². The van der Waals surface area contributed by atoms with Crippen molar-refractivity contribution in [3.05, 3.63) is 17.6 Å². The van der Waals surface area contributed by atoms with E-state index in [2.05, 4.69) is 9.97 Å². The lowest BCUT2D eigenvalue weighted by atomic mass is 9.98. The van der Waals surface area contributed by atoms with E-state index in [1.54, 1.807) is 6.33 Å². The summed E-state index contributed by atoms with van der Waals surface area (Å²) in [4.78, 5) is 19.8. The second-order valence-corrected chi connectivity index (χ2v) is 6.06. The van der Waals surface area contributed by atoms with Crippen molar-refractivity contribution in [2.45, 2.75) is 49.8 Å². The summed E-state index contributed by atoms with van der Waals surface area (Å²) in [7, 11) is 0. The van der Waals surface area contributed by atoms with Gasteiger partial charge in [0.15, 0.2) is 0 Å². The molecule has 0 bridgehead atoms. The molecule has 18 heavy (non-hydrogen) atoms. The number of aromatic nitrogens is 2. The predicted molar refractivity (Wildman–Crippen MR) is 70.8 cm³/mol. The van der Waals surface area contributed by atoms with Gasteiger partial charge in [-0.2, -0.15) is 0 Å². The van der Waals surface area contributed by atoms with E-state index in [0.29, 0.717) is 0 Å². The number of carboxylic acid groups (broad SMARTS) is 1. The monoisotopic (exact) mass is 266 g/mol. The maximum absolute atomic E-state index is 11.2. The molecular formula is C13H18N2O2S. The molecule has 1 atom stereocenters. The maximum Gasteiger partial charge on any atom is 0.317 e. The minimum Gasteiger partial charge on any atom is -0.480 e. The number of nitrogens with zero attached hydrogens (tertiary/aromatic N) is 2. The van der Waals surface area contributed by atoms with Crippen LogP contribution in [0.1, 0.15) is 37.9 Å². The highest BCUT2D eigenvalue weighted by atomic mass is 32.2. The van der Waals surface area contributed by atoms with Crippen LogP contribution in [0.4, 0.5) is 0 Å². The molecule has 98 valence electrons. The molecule has 1 N–H and O–H groups in total. The average Bonchev–Trinajstić information content (AvgIpc) is 2.35. The van der Waals surface area contributed by atoms with Gasteiger partial charge in [-0.05, 0) is 31.6 Å². The minimum atomic E-state index is -0.766. The largest absolute Gasteiger partial charge is 0.480 e. The summed E-state index contributed by atoms with van der Waals surface area (Å²) in [6, 6.07) is 0. The van der Waals surface area contributed by atoms with Crippen LogP contribution in [0, 0.1) is 5.92 Å². The molecule has 5 heteroatoms. The summed E-state index contributed by atoms with van der Waals surface area (Å²) >= 11 is 1.37. The number of aryl methyl sites for hydroxylation is 1. The summed E-state index contributed by atoms with van der Waals surface area (Å²) in [5.74, 6) is -0.681. The van der Waals surface area contributed by atoms with Crippen LogP contribution in [0.3, 0.4) is 0 Å². The molecule has 1 aromatic rings. The van der Waals surface area contributed by atoms with Gasteiger partial charge in [-0.3, -0.25) is 4.79 Å². The van der Waals surface area contributed by atoms with E-state index in [4.69, 9.17) is 0 Å². The summed E-state index contributed by atoms with van der Waals surface area (Å²) in [6.07, 6.45) is 5.84. The number of carbonyl (C=O) groups is 1. The minimum absolute atomic E-state index is 0.0849. The van der Waals surface area contributed by atoms with E-state index < -0.39 is 11.2 Å². The van der Waals surface area contributed by atoms with Crippen LogP contribution in [0.25, 0.3) is 0 Å². The summed E-state index contributed by atoms with van der Waals surface area (Å²) in [5.41, 5.74) is 2.27. The van der Waals surface area contributed by atoms with Gasteiger partial charge in [0.2, 0.25) is 0 Å². The second kappa shape index (κ2) is 5.69. The molecule has 0 spiro atoms. The zero-order valence-corrected chi connectivity index (χ0v) is 11.5. The molecule has 1 aromatic heterocycles. The summed E-state index contributed by atoms with van der Waals surface area (Å²) in [5, 5.41) is 9.67. The third-order valence-electron chi connectivity index (χ3n) is 3.17. The van der Waals surface area contributed by atoms with Crippen molar-refractivity contribution in [3.63, 3.8) is 0 Å². The van der Waals surface area contributed by atoms with E-state index >= 15 is 0 Å². The van der Waals surface area contributed by atoms with Crippen molar-refractivity contribution in [1.29, 1.82) is 0 Å². The maximum atomic E-state index is 11.2. The third kappa shape index (κ3) is 2.83. The zero-order chi connectivity index (χ0) is 13.1. The van der Waals surface area contributed by atoms with Gasteiger partial charge in [-0.15, -0.1) is 0 Å². The van der Waals surface area contributed by atoms with Crippen LogP contribution in [-0.4, -0.2) is 26.3 Å². The highest BCUT2D eigenvalue weighted by molar-refractivity contribution is 8.00. The number of thioether (sulfide) groups is 1. The van der Waals surface area contributed by atoms with Crippen molar-refractivity contribution < 1.29 is 9.90 Å². The van der Waals surface area contributed by atoms with Crippen molar-refractivity contribution in [1.82, 2.24) is 9.97 Å². The second-order valence-electron chi connectivity index (χ2n) is 4.93. The van der Waals surface area contributed by atoms with Gasteiger partial charge in [-0.25, -0.2) is 9.97 Å². The summed E-state index contributed by atoms with van der Waals surface area (Å²) < 4.78 is 0. The van der Waals surface area contributed by atoms with Gasteiger partial charge >= 0.3 is 5.97 Å². The molecule has 0 fully saturated rings. The molecule has 4 nitrogen and oxygen atoms in total. The Kier molecular flexibility index (Phi) is 4.22. The molecular weight excluding hydrogens is 248 g/mol. The first-order valence-electron chi connectivity index (χ1n) is 6.31. The quantitative estimate of drug-likeness (QED) is 0.670. The topological polar surface area (TPSA) is 63.1 Å². The van der Waals surface area contributed by atoms with Crippen LogP contribution in [0.5, 0.6) is 0 Å². The average molecular weight is 266 g/mol. The Bertz CT molecular complexity index is 449. The van der Waals surface area contributed by atoms with E-state index in [9.17, 15) is 9.90 Å². The van der Waals surface area contributed by atoms with Crippen molar-refractivity contribution >= 4 is 17.7 Å². The molecule has 0 amide bonds. The predicted octanol–water partition coefficient (Wildman–Crippen LogP) is 2.56. The normalized spacial score (nSPS) is 16.4. The number of hydrogen-bond donors (Lipinski definition) is 1. The Morgan fingerprint density at radius 1 is 1.33 bits per heavy atom. The lowest BCUT2D eigenvalue weighted by molar-refractivity contribution is -0.137. The number of carboxylic acids is 1. The molecule has 1 heterocycles. The molecule has 0 radical (unpaired) electrons. The lowest BCUT2D eigenvalue weighted by Crippen LogP contribution is -2.23. The lowest BCUT2D eigenvalue weighted by Gasteiger charge is -2.20. The first kappa shape index (κ1) is 13.3. The molecule has 0 saturated carbocycles. The molecule has 2 rings (SSSR count). The van der Waals surface area contributed by atoms with Crippen LogP contribution in [-0.2, 0) is 17.6 Å². The highest BCUT2D eigenvalue weighted by Crippen LogP contribution is 2.33. The fraction of sp³-hybridized carbons (Fsp3) is 0.615. The fourth-order valence-corrected chi connectivity index (χ4v) is 3.27. The molecule has 1 unspecified atom stereocenters. The zero-order valence-electron chi connectivity index (χ0n) is 10.7. The van der Waals surface area contributed by atoms with Gasteiger partial charge < -0.3 is 5.11 Å². The Balaban J connectivity index is 2.25. The van der Waals surface area contributed by atoms with E-state index in [1.165, 1.54) is 23.7 Å². The van der Waals surface area contributed by atoms with E-state index in [0.717, 1.165) is 30.0 Å². The Morgan fingerprint density at radius 2 is 2.06 bits per heavy atom. The van der Waals surface area contributed by atoms with Gasteiger partial charge in [-0.1, -0.05) is 25.6 Å². The number of rotatable bonds is 4. The molecule has 0 aliphatic heterocycles. The molecule has 0 aromatic carbocycles. The first-order valence-corrected chi connectivity index (χ1v) is 7.19. The standard InChI is InChI=1S/C13H18N2O2S/c1-8(2)11(13(16)17)18-12-9-5-3-4-6-10(9)14-7-15-12/h7-8,11H,3-6H2,1-2H3,(H,16,17). The van der Waals surface area contributed by atoms with Gasteiger partial charge in [0, 0.05) is 11.3 Å². The van der Waals surface area contributed by atoms with Crippen LogP contribution < -0.4 is 0 Å². The number of aliphatic carboxylic acids is 1. The smallest absolute Gasteiger partial charge is 0.317 e. The van der Waals surface area contributed by atoms with Crippen LogP contribution in [0.15, 0.2) is 11.4 Å². The van der Waals surface area contributed by atoms with Crippen LogP contribution in [0.2, 0.25) is 0 Å². The van der Waals surface area contributed by atoms with Crippen molar-refractivity contribution in [2.75, 3.05) is 0 Å². The SMILES string of the molecule is CC(C)C(Sc1ncnc2c1CCCC2)C(=O)O. The Hall–Kier alpha value is -1.10. The van der Waals surface area contributed by atoms with Crippen LogP contribution >= 0.6 is 11.8 Å². The Morgan fingerprint density at radius 3 is 2.72 bits per heavy atom. The number of fused-ring (bicyclic) bond motifs is 1. The third-order valence-corrected chi connectivity index (χ3v) is 4.75. The summed E-state index contributed by atoms with van der Waals surface area (Å²) in [6.45, 7) is 3.86. The van der Waals surface area contributed by atoms with Gasteiger partial charge in [0.05, 0.1) is 0 Å². The molecule has 1 aliphatic rings. The molecule has 1 aliphatic carbocycles.